The molecule has 0 aromatic heterocycles. The monoisotopic (exact) mass is 338 g/mol. The molecule has 2 aliphatic heterocycles. The number of ether oxygens (including phenoxy) is 1. The van der Waals surface area contributed by atoms with Crippen LogP contribution in [0.3, 0.4) is 0 Å². The molecule has 23 heavy (non-hydrogen) atoms. The molecule has 2 heterocycles. The van der Waals surface area contributed by atoms with Crippen LogP contribution >= 0.6 is 0 Å². The Morgan fingerprint density at radius 2 is 2.04 bits per heavy atom. The highest BCUT2D eigenvalue weighted by atomic mass is 32.2. The molecule has 0 bridgehead atoms. The van der Waals surface area contributed by atoms with Gasteiger partial charge in [-0.1, -0.05) is 6.92 Å². The topological polar surface area (TPSA) is 58.6 Å². The molecule has 0 amide bonds. The highest BCUT2D eigenvalue weighted by Gasteiger charge is 2.32. The molecular weight excluding hydrogens is 312 g/mol. The van der Waals surface area contributed by atoms with E-state index >= 15 is 0 Å². The minimum absolute atomic E-state index is 0.102. The van der Waals surface area contributed by atoms with Crippen molar-refractivity contribution in [3.05, 3.63) is 23.8 Å². The highest BCUT2D eigenvalue weighted by Crippen LogP contribution is 2.32. The van der Waals surface area contributed by atoms with Gasteiger partial charge in [0.1, 0.15) is 11.9 Å². The van der Waals surface area contributed by atoms with E-state index in [0.717, 1.165) is 50.1 Å². The molecule has 1 unspecified atom stereocenters. The molecule has 0 aliphatic carbocycles. The van der Waals surface area contributed by atoms with Crippen molar-refractivity contribution in [2.45, 2.75) is 56.6 Å². The molecule has 0 radical (unpaired) electrons. The molecule has 1 atom stereocenters. The lowest BCUT2D eigenvalue weighted by Crippen LogP contribution is -2.46. The summed E-state index contributed by atoms with van der Waals surface area (Å²) in [5.41, 5.74) is 1.00. The van der Waals surface area contributed by atoms with Gasteiger partial charge in [-0.05, 0) is 63.0 Å². The van der Waals surface area contributed by atoms with Crippen LogP contribution in [0.2, 0.25) is 0 Å². The van der Waals surface area contributed by atoms with Crippen LogP contribution in [0, 0.1) is 0 Å². The number of rotatable bonds is 5. The number of benzene rings is 1. The van der Waals surface area contributed by atoms with E-state index in [-0.39, 0.29) is 12.1 Å². The highest BCUT2D eigenvalue weighted by molar-refractivity contribution is 7.89. The molecule has 0 saturated carbocycles. The third-order valence-corrected chi connectivity index (χ3v) is 6.58. The summed E-state index contributed by atoms with van der Waals surface area (Å²) in [5, 5.41) is 3.30. The zero-order valence-corrected chi connectivity index (χ0v) is 14.7. The molecule has 0 spiro atoms. The summed E-state index contributed by atoms with van der Waals surface area (Å²) in [5.74, 6) is 0.820. The quantitative estimate of drug-likeness (QED) is 0.894. The first-order valence-corrected chi connectivity index (χ1v) is 9.98. The molecule has 128 valence electrons. The fraction of sp³-hybridized carbons (Fsp3) is 0.647. The summed E-state index contributed by atoms with van der Waals surface area (Å²) >= 11 is 0. The van der Waals surface area contributed by atoms with Gasteiger partial charge in [0.2, 0.25) is 10.0 Å². The molecule has 1 fully saturated rings. The second kappa shape index (κ2) is 6.79. The largest absolute Gasteiger partial charge is 0.490 e. The van der Waals surface area contributed by atoms with Gasteiger partial charge < -0.3 is 10.1 Å². The van der Waals surface area contributed by atoms with Crippen LogP contribution < -0.4 is 10.1 Å². The van der Waals surface area contributed by atoms with Gasteiger partial charge in [0.25, 0.3) is 0 Å². The summed E-state index contributed by atoms with van der Waals surface area (Å²) < 4.78 is 33.7. The van der Waals surface area contributed by atoms with Crippen molar-refractivity contribution in [3.63, 3.8) is 0 Å². The van der Waals surface area contributed by atoms with Gasteiger partial charge in [0.05, 0.1) is 4.90 Å². The maximum Gasteiger partial charge on any atom is 0.243 e. The lowest BCUT2D eigenvalue weighted by atomic mass is 10.1. The van der Waals surface area contributed by atoms with Gasteiger partial charge in [0, 0.05) is 19.0 Å². The van der Waals surface area contributed by atoms with E-state index in [0.29, 0.717) is 11.4 Å². The minimum Gasteiger partial charge on any atom is -0.490 e. The van der Waals surface area contributed by atoms with E-state index in [1.165, 1.54) is 0 Å². The van der Waals surface area contributed by atoms with E-state index in [1.807, 2.05) is 13.8 Å². The number of nitrogens with one attached hydrogen (secondary N) is 1. The Morgan fingerprint density at radius 1 is 1.30 bits per heavy atom. The van der Waals surface area contributed by atoms with E-state index in [4.69, 9.17) is 4.74 Å². The Morgan fingerprint density at radius 3 is 2.74 bits per heavy atom. The van der Waals surface area contributed by atoms with Crippen LogP contribution in [0.4, 0.5) is 0 Å². The maximum absolute atomic E-state index is 13.2. The van der Waals surface area contributed by atoms with Crippen molar-refractivity contribution < 1.29 is 13.2 Å². The predicted molar refractivity (Wildman–Crippen MR) is 90.3 cm³/mol. The van der Waals surface area contributed by atoms with Gasteiger partial charge in [-0.25, -0.2) is 8.42 Å². The minimum atomic E-state index is -3.45. The zero-order valence-electron chi connectivity index (χ0n) is 13.9. The Balaban J connectivity index is 1.90. The number of piperidine rings is 1. The predicted octanol–water partition coefficient (Wildman–Crippen LogP) is 2.16. The molecule has 1 N–H and O–H groups in total. The molecule has 3 rings (SSSR count). The van der Waals surface area contributed by atoms with Gasteiger partial charge in [-0.15, -0.1) is 0 Å². The normalized spacial score (nSPS) is 22.1. The Hall–Kier alpha value is -1.11. The standard InChI is InChI=1S/C17H26N2O3S/c1-3-10-19(15-6-8-18-9-7-15)23(20,21)16-4-5-17-14(12-16)11-13(2)22-17/h4-5,12-13,15,18H,3,6-11H2,1-2H3. The van der Waals surface area contributed by atoms with E-state index in [1.54, 1.807) is 22.5 Å². The first-order valence-electron chi connectivity index (χ1n) is 8.54. The molecule has 1 aromatic carbocycles. The first kappa shape index (κ1) is 16.7. The second-order valence-electron chi connectivity index (χ2n) is 6.50. The van der Waals surface area contributed by atoms with Gasteiger partial charge in [-0.3, -0.25) is 0 Å². The number of nitrogens with zero attached hydrogens (tertiary/aromatic N) is 1. The van der Waals surface area contributed by atoms with Crippen molar-refractivity contribution >= 4 is 10.0 Å². The van der Waals surface area contributed by atoms with E-state index < -0.39 is 10.0 Å². The van der Waals surface area contributed by atoms with Gasteiger partial charge in [0.15, 0.2) is 0 Å². The van der Waals surface area contributed by atoms with Crippen molar-refractivity contribution in [1.82, 2.24) is 9.62 Å². The van der Waals surface area contributed by atoms with Crippen LogP contribution in [0.15, 0.2) is 23.1 Å². The first-order chi connectivity index (χ1) is 11.0. The van der Waals surface area contributed by atoms with Crippen molar-refractivity contribution in [2.75, 3.05) is 19.6 Å². The second-order valence-corrected chi connectivity index (χ2v) is 8.39. The fourth-order valence-corrected chi connectivity index (χ4v) is 5.34. The van der Waals surface area contributed by atoms with E-state index in [9.17, 15) is 8.42 Å². The molecule has 2 aliphatic rings. The average Bonchev–Trinajstić information content (AvgIpc) is 2.92. The number of sulfonamides is 1. The summed E-state index contributed by atoms with van der Waals surface area (Å²) in [4.78, 5) is 0.404. The Labute approximate surface area is 139 Å². The Bertz CT molecular complexity index is 654. The molecule has 1 saturated heterocycles. The Kier molecular flexibility index (Phi) is 4.94. The lowest BCUT2D eigenvalue weighted by molar-refractivity contribution is 0.254. The van der Waals surface area contributed by atoms with Crippen LogP contribution in [0.1, 0.15) is 38.7 Å². The molecular formula is C17H26N2O3S. The number of hydrogen-bond donors (Lipinski definition) is 1. The van der Waals surface area contributed by atoms with Crippen molar-refractivity contribution in [3.8, 4) is 5.75 Å². The summed E-state index contributed by atoms with van der Waals surface area (Å²) in [7, 11) is -3.45. The third-order valence-electron chi connectivity index (χ3n) is 4.63. The maximum atomic E-state index is 13.2. The van der Waals surface area contributed by atoms with Crippen molar-refractivity contribution in [1.29, 1.82) is 0 Å². The smallest absolute Gasteiger partial charge is 0.243 e. The summed E-state index contributed by atoms with van der Waals surface area (Å²) in [6.45, 7) is 6.39. The average molecular weight is 338 g/mol. The van der Waals surface area contributed by atoms with Crippen LogP contribution in [-0.4, -0.2) is 44.5 Å². The summed E-state index contributed by atoms with van der Waals surface area (Å²) in [6, 6.07) is 5.40. The number of fused-ring (bicyclic) bond motifs is 1. The van der Waals surface area contributed by atoms with Gasteiger partial charge >= 0.3 is 0 Å². The summed E-state index contributed by atoms with van der Waals surface area (Å²) in [6.07, 6.45) is 3.49. The number of hydrogen-bond acceptors (Lipinski definition) is 4. The van der Waals surface area contributed by atoms with Crippen LogP contribution in [0.5, 0.6) is 5.75 Å². The molecule has 1 aromatic rings. The lowest BCUT2D eigenvalue weighted by Gasteiger charge is -2.33. The third kappa shape index (κ3) is 3.39. The molecule has 5 nitrogen and oxygen atoms in total. The van der Waals surface area contributed by atoms with E-state index in [2.05, 4.69) is 5.32 Å². The van der Waals surface area contributed by atoms with Gasteiger partial charge in [-0.2, -0.15) is 4.31 Å². The van der Waals surface area contributed by atoms with Crippen molar-refractivity contribution in [2.24, 2.45) is 0 Å². The molecule has 6 heteroatoms. The zero-order chi connectivity index (χ0) is 16.4. The van der Waals surface area contributed by atoms with Crippen LogP contribution in [0.25, 0.3) is 0 Å². The fourth-order valence-electron chi connectivity index (χ4n) is 3.51. The SMILES string of the molecule is CCCN(C1CCNCC1)S(=O)(=O)c1ccc2c(c1)CC(C)O2. The van der Waals surface area contributed by atoms with Crippen LogP contribution in [-0.2, 0) is 16.4 Å².